The van der Waals surface area contributed by atoms with Crippen LogP contribution in [0.25, 0.3) is 0 Å². The molecule has 1 aliphatic rings. The smallest absolute Gasteiger partial charge is 0.0868 e. The van der Waals surface area contributed by atoms with E-state index in [1.165, 1.54) is 11.1 Å². The van der Waals surface area contributed by atoms with Crippen LogP contribution in [0, 0.1) is 0 Å². The summed E-state index contributed by atoms with van der Waals surface area (Å²) in [5, 5.41) is 3.20. The van der Waals surface area contributed by atoms with Gasteiger partial charge in [-0.25, -0.2) is 0 Å². The lowest BCUT2D eigenvalue weighted by Crippen LogP contribution is -2.30. The average Bonchev–Trinajstić information content (AvgIpc) is 2.04. The van der Waals surface area contributed by atoms with Crippen LogP contribution in [0.3, 0.4) is 0 Å². The van der Waals surface area contributed by atoms with Gasteiger partial charge in [-0.2, -0.15) is 0 Å². The molecule has 0 saturated carbocycles. The normalized spacial score (nSPS) is 22.8. The van der Waals surface area contributed by atoms with Crippen molar-refractivity contribution in [2.24, 2.45) is 0 Å². The zero-order valence-electron chi connectivity index (χ0n) is 6.18. The molecule has 0 amide bonds. The number of hydrogen-bond acceptors (Lipinski definition) is 1. The SMILES string of the molecule is ClC1Cc2ccccc2CN1. The van der Waals surface area contributed by atoms with Crippen molar-refractivity contribution in [2.75, 3.05) is 0 Å². The van der Waals surface area contributed by atoms with Crippen molar-refractivity contribution in [3.63, 3.8) is 0 Å². The number of halogens is 1. The number of hydrogen-bond donors (Lipinski definition) is 1. The predicted molar refractivity (Wildman–Crippen MR) is 46.6 cm³/mol. The minimum Gasteiger partial charge on any atom is -0.297 e. The molecule has 1 unspecified atom stereocenters. The van der Waals surface area contributed by atoms with Crippen LogP contribution < -0.4 is 5.32 Å². The maximum Gasteiger partial charge on any atom is 0.0868 e. The maximum absolute atomic E-state index is 5.93. The van der Waals surface area contributed by atoms with Crippen LogP contribution in [0.5, 0.6) is 0 Å². The van der Waals surface area contributed by atoms with Crippen LogP contribution in [0.2, 0.25) is 0 Å². The Morgan fingerprint density at radius 2 is 2.00 bits per heavy atom. The lowest BCUT2D eigenvalue weighted by atomic mass is 10.0. The van der Waals surface area contributed by atoms with Gasteiger partial charge in [-0.15, -0.1) is 11.6 Å². The first kappa shape index (κ1) is 7.14. The molecular formula is C9H10ClN. The van der Waals surface area contributed by atoms with Crippen LogP contribution in [0.15, 0.2) is 24.3 Å². The standard InChI is InChI=1S/C9H10ClN/c10-9-5-7-3-1-2-4-8(7)6-11-9/h1-4,9,11H,5-6H2. The fourth-order valence-corrected chi connectivity index (χ4v) is 1.66. The van der Waals surface area contributed by atoms with E-state index in [0.717, 1.165) is 13.0 Å². The second-order valence-corrected chi connectivity index (χ2v) is 3.35. The van der Waals surface area contributed by atoms with Crippen LogP contribution in [-0.2, 0) is 13.0 Å². The average molecular weight is 168 g/mol. The van der Waals surface area contributed by atoms with Gasteiger partial charge in [0.15, 0.2) is 0 Å². The highest BCUT2D eigenvalue weighted by Gasteiger charge is 2.13. The van der Waals surface area contributed by atoms with Crippen molar-refractivity contribution in [2.45, 2.75) is 18.5 Å². The van der Waals surface area contributed by atoms with Crippen molar-refractivity contribution < 1.29 is 0 Å². The molecule has 0 aliphatic carbocycles. The molecule has 0 radical (unpaired) electrons. The molecule has 2 rings (SSSR count). The van der Waals surface area contributed by atoms with Gasteiger partial charge in [0.05, 0.1) is 5.50 Å². The second-order valence-electron chi connectivity index (χ2n) is 2.82. The van der Waals surface area contributed by atoms with Crippen molar-refractivity contribution in [1.29, 1.82) is 0 Å². The van der Waals surface area contributed by atoms with E-state index in [4.69, 9.17) is 11.6 Å². The van der Waals surface area contributed by atoms with Crippen molar-refractivity contribution in [3.8, 4) is 0 Å². The van der Waals surface area contributed by atoms with Gasteiger partial charge in [-0.1, -0.05) is 24.3 Å². The Labute approximate surface area is 71.4 Å². The number of alkyl halides is 1. The molecule has 1 nitrogen and oxygen atoms in total. The van der Waals surface area contributed by atoms with E-state index in [1.54, 1.807) is 0 Å². The van der Waals surface area contributed by atoms with Gasteiger partial charge in [0.1, 0.15) is 0 Å². The number of nitrogens with one attached hydrogen (secondary N) is 1. The number of rotatable bonds is 0. The lowest BCUT2D eigenvalue weighted by molar-refractivity contribution is 0.597. The van der Waals surface area contributed by atoms with Gasteiger partial charge in [0, 0.05) is 13.0 Å². The molecule has 1 aromatic rings. The topological polar surface area (TPSA) is 12.0 Å². The van der Waals surface area contributed by atoms with E-state index >= 15 is 0 Å². The molecule has 1 aromatic carbocycles. The summed E-state index contributed by atoms with van der Waals surface area (Å²) in [5.41, 5.74) is 2.88. The van der Waals surface area contributed by atoms with Crippen molar-refractivity contribution in [3.05, 3.63) is 35.4 Å². The minimum absolute atomic E-state index is 0.116. The summed E-state index contributed by atoms with van der Waals surface area (Å²) in [6.45, 7) is 0.907. The first-order valence-corrected chi connectivity index (χ1v) is 4.24. The zero-order valence-corrected chi connectivity index (χ0v) is 6.93. The lowest BCUT2D eigenvalue weighted by Gasteiger charge is -2.20. The Hall–Kier alpha value is -0.530. The molecule has 0 saturated heterocycles. The van der Waals surface area contributed by atoms with Crippen molar-refractivity contribution >= 4 is 11.6 Å². The van der Waals surface area contributed by atoms with Crippen molar-refractivity contribution in [1.82, 2.24) is 5.32 Å². The van der Waals surface area contributed by atoms with Crippen LogP contribution >= 0.6 is 11.6 Å². The molecule has 1 atom stereocenters. The number of fused-ring (bicyclic) bond motifs is 1. The first-order valence-electron chi connectivity index (χ1n) is 3.80. The molecular weight excluding hydrogens is 158 g/mol. The van der Waals surface area contributed by atoms with Gasteiger partial charge < -0.3 is 0 Å². The van der Waals surface area contributed by atoms with Gasteiger partial charge in [-0.3, -0.25) is 5.32 Å². The predicted octanol–water partition coefficient (Wildman–Crippen LogP) is 1.90. The van der Waals surface area contributed by atoms with E-state index in [2.05, 4.69) is 29.6 Å². The molecule has 0 aromatic heterocycles. The first-order chi connectivity index (χ1) is 5.36. The summed E-state index contributed by atoms with van der Waals surface area (Å²) >= 11 is 5.93. The monoisotopic (exact) mass is 167 g/mol. The van der Waals surface area contributed by atoms with Gasteiger partial charge in [-0.05, 0) is 11.1 Å². The summed E-state index contributed by atoms with van der Waals surface area (Å²) in [6, 6.07) is 8.42. The Morgan fingerprint density at radius 3 is 2.82 bits per heavy atom. The van der Waals surface area contributed by atoms with Gasteiger partial charge in [0.2, 0.25) is 0 Å². The van der Waals surface area contributed by atoms with Crippen LogP contribution in [0.1, 0.15) is 11.1 Å². The summed E-state index contributed by atoms with van der Waals surface area (Å²) in [7, 11) is 0. The van der Waals surface area contributed by atoms with E-state index < -0.39 is 0 Å². The van der Waals surface area contributed by atoms with Crippen LogP contribution in [-0.4, -0.2) is 5.50 Å². The highest BCUT2D eigenvalue weighted by molar-refractivity contribution is 6.20. The number of benzene rings is 1. The molecule has 0 fully saturated rings. The molecule has 1 aliphatic heterocycles. The Kier molecular flexibility index (Phi) is 1.84. The van der Waals surface area contributed by atoms with Gasteiger partial charge >= 0.3 is 0 Å². The van der Waals surface area contributed by atoms with E-state index in [9.17, 15) is 0 Å². The summed E-state index contributed by atoms with van der Waals surface area (Å²) in [5.74, 6) is 0. The molecule has 2 heteroatoms. The largest absolute Gasteiger partial charge is 0.297 e. The molecule has 11 heavy (non-hydrogen) atoms. The molecule has 1 N–H and O–H groups in total. The Morgan fingerprint density at radius 1 is 1.27 bits per heavy atom. The third-order valence-corrected chi connectivity index (χ3v) is 2.34. The zero-order chi connectivity index (χ0) is 7.68. The maximum atomic E-state index is 5.93. The fraction of sp³-hybridized carbons (Fsp3) is 0.333. The molecule has 0 bridgehead atoms. The quantitative estimate of drug-likeness (QED) is 0.460. The fourth-order valence-electron chi connectivity index (χ4n) is 1.42. The van der Waals surface area contributed by atoms with E-state index in [1.807, 2.05) is 0 Å². The highest BCUT2D eigenvalue weighted by Crippen LogP contribution is 2.17. The van der Waals surface area contributed by atoms with Gasteiger partial charge in [0.25, 0.3) is 0 Å². The van der Waals surface area contributed by atoms with E-state index in [0.29, 0.717) is 0 Å². The third-order valence-electron chi connectivity index (χ3n) is 2.03. The Bertz CT molecular complexity index is 259. The summed E-state index contributed by atoms with van der Waals surface area (Å²) in [4.78, 5) is 0. The summed E-state index contributed by atoms with van der Waals surface area (Å²) in [6.07, 6.45) is 0.942. The summed E-state index contributed by atoms with van der Waals surface area (Å²) < 4.78 is 0. The molecule has 58 valence electrons. The van der Waals surface area contributed by atoms with Crippen LogP contribution in [0.4, 0.5) is 0 Å². The highest BCUT2D eigenvalue weighted by atomic mass is 35.5. The Balaban J connectivity index is 2.34. The molecule has 1 heterocycles. The van der Waals surface area contributed by atoms with E-state index in [-0.39, 0.29) is 5.50 Å². The second kappa shape index (κ2) is 2.84. The third kappa shape index (κ3) is 1.39. The molecule has 0 spiro atoms. The minimum atomic E-state index is 0.116.